The molecule has 6 heteroatoms. The molecule has 2 unspecified atom stereocenters. The van der Waals surface area contributed by atoms with Gasteiger partial charge in [-0.15, -0.1) is 0 Å². The van der Waals surface area contributed by atoms with Crippen molar-refractivity contribution < 1.29 is 24.1 Å². The molecule has 0 amide bonds. The van der Waals surface area contributed by atoms with Gasteiger partial charge in [0.25, 0.3) is 0 Å². The van der Waals surface area contributed by atoms with Crippen LogP contribution in [0.3, 0.4) is 0 Å². The first-order chi connectivity index (χ1) is 16.8. The van der Waals surface area contributed by atoms with E-state index in [1.54, 1.807) is 0 Å². The Balaban J connectivity index is 3.38. The van der Waals surface area contributed by atoms with Crippen molar-refractivity contribution in [1.82, 2.24) is 5.32 Å². The van der Waals surface area contributed by atoms with E-state index in [-0.39, 0.29) is 36.9 Å². The van der Waals surface area contributed by atoms with Crippen molar-refractivity contribution in [2.45, 2.75) is 162 Å². The van der Waals surface area contributed by atoms with E-state index in [0.29, 0.717) is 19.3 Å². The van der Waals surface area contributed by atoms with Gasteiger partial charge in [0.1, 0.15) is 12.1 Å². The van der Waals surface area contributed by atoms with E-state index >= 15 is 0 Å². The molecule has 0 aromatic heterocycles. The fourth-order valence-corrected chi connectivity index (χ4v) is 4.11. The lowest BCUT2D eigenvalue weighted by molar-refractivity contribution is -0.149. The monoisotopic (exact) mass is 501 g/mol. The Kier molecular flexibility index (Phi) is 23.2. The van der Waals surface area contributed by atoms with Crippen LogP contribution in [0.5, 0.6) is 0 Å². The van der Waals surface area contributed by atoms with Crippen molar-refractivity contribution in [2.75, 3.05) is 19.8 Å². The summed E-state index contributed by atoms with van der Waals surface area (Å²) in [5.74, 6) is -0.155. The Hall–Kier alpha value is -0.690. The number of hydrogen-bond donors (Lipinski definition) is 2. The van der Waals surface area contributed by atoms with Crippen LogP contribution in [0.1, 0.15) is 131 Å². The zero-order valence-electron chi connectivity index (χ0n) is 24.0. The van der Waals surface area contributed by atoms with Gasteiger partial charge >= 0.3 is 5.97 Å². The number of esters is 1. The molecule has 0 aliphatic rings. The van der Waals surface area contributed by atoms with Gasteiger partial charge in [-0.1, -0.05) is 77.0 Å². The van der Waals surface area contributed by atoms with Crippen molar-refractivity contribution in [3.8, 4) is 0 Å². The Morgan fingerprint density at radius 1 is 0.686 bits per heavy atom. The summed E-state index contributed by atoms with van der Waals surface area (Å²) in [6.07, 6.45) is 17.9. The lowest BCUT2D eigenvalue weighted by atomic mass is 10.0. The molecule has 6 nitrogen and oxygen atoms in total. The van der Waals surface area contributed by atoms with Crippen LogP contribution in [0.4, 0.5) is 0 Å². The van der Waals surface area contributed by atoms with Crippen molar-refractivity contribution >= 4 is 5.97 Å². The first kappa shape index (κ1) is 34.3. The number of aliphatic hydroxyl groups excluding tert-OH is 1. The maximum atomic E-state index is 11.9. The van der Waals surface area contributed by atoms with E-state index in [1.807, 2.05) is 34.6 Å². The van der Waals surface area contributed by atoms with Gasteiger partial charge in [0.05, 0.1) is 25.4 Å². The van der Waals surface area contributed by atoms with E-state index in [2.05, 4.69) is 12.2 Å². The molecule has 0 heterocycles. The molecule has 0 saturated carbocycles. The Bertz CT molecular complexity index is 472. The maximum absolute atomic E-state index is 11.9. The summed E-state index contributed by atoms with van der Waals surface area (Å²) in [7, 11) is 0. The molecule has 3 atom stereocenters. The van der Waals surface area contributed by atoms with Crippen LogP contribution in [0.15, 0.2) is 0 Å². The first-order valence-corrected chi connectivity index (χ1v) is 14.6. The Morgan fingerprint density at radius 3 is 1.63 bits per heavy atom. The molecule has 35 heavy (non-hydrogen) atoms. The van der Waals surface area contributed by atoms with Crippen LogP contribution in [-0.2, 0) is 19.0 Å². The summed E-state index contributed by atoms with van der Waals surface area (Å²) in [6.45, 7) is 13.0. The number of ether oxygens (including phenoxy) is 3. The van der Waals surface area contributed by atoms with E-state index < -0.39 is 0 Å². The number of carbonyl (C=O) groups excluding carboxylic acids is 1. The topological polar surface area (TPSA) is 77.0 Å². The third kappa shape index (κ3) is 23.5. The Morgan fingerprint density at radius 2 is 1.17 bits per heavy atom. The molecule has 2 N–H and O–H groups in total. The molecule has 210 valence electrons. The van der Waals surface area contributed by atoms with Crippen LogP contribution in [0, 0.1) is 0 Å². The van der Waals surface area contributed by atoms with Gasteiger partial charge in [-0.25, -0.2) is 0 Å². The quantitative estimate of drug-likeness (QED) is 0.109. The second-order valence-corrected chi connectivity index (χ2v) is 10.7. The molecule has 0 fully saturated rings. The first-order valence-electron chi connectivity index (χ1n) is 14.6. The van der Waals surface area contributed by atoms with Gasteiger partial charge in [0.15, 0.2) is 0 Å². The number of nitrogens with one attached hydrogen (secondary N) is 1. The van der Waals surface area contributed by atoms with Crippen molar-refractivity contribution in [3.05, 3.63) is 0 Å². The van der Waals surface area contributed by atoms with Crippen LogP contribution < -0.4 is 5.32 Å². The van der Waals surface area contributed by atoms with Crippen LogP contribution in [-0.4, -0.2) is 61.3 Å². The van der Waals surface area contributed by atoms with Crippen molar-refractivity contribution in [2.24, 2.45) is 0 Å². The summed E-state index contributed by atoms with van der Waals surface area (Å²) in [5.41, 5.74) is 0. The van der Waals surface area contributed by atoms with Crippen LogP contribution >= 0.6 is 0 Å². The van der Waals surface area contributed by atoms with Gasteiger partial charge in [-0.2, -0.15) is 0 Å². The Labute approximate surface area is 217 Å². The smallest absolute Gasteiger partial charge is 0.323 e. The van der Waals surface area contributed by atoms with E-state index in [1.165, 1.54) is 77.0 Å². The molecular formula is C29H59NO5. The van der Waals surface area contributed by atoms with Gasteiger partial charge in [-0.05, 0) is 54.4 Å². The fraction of sp³-hybridized carbons (Fsp3) is 0.966. The minimum absolute atomic E-state index is 0.0286. The minimum atomic E-state index is -0.235. The number of unbranched alkanes of at least 4 members (excludes halogenated alkanes) is 12. The zero-order valence-corrected chi connectivity index (χ0v) is 24.0. The van der Waals surface area contributed by atoms with Crippen LogP contribution in [0.25, 0.3) is 0 Å². The number of carbonyl (C=O) groups is 1. The highest BCUT2D eigenvalue weighted by molar-refractivity contribution is 5.75. The summed E-state index contributed by atoms with van der Waals surface area (Å²) in [6, 6.07) is 0.111. The molecule has 0 aliphatic carbocycles. The summed E-state index contributed by atoms with van der Waals surface area (Å²) >= 11 is 0. The highest BCUT2D eigenvalue weighted by Crippen LogP contribution is 2.14. The maximum Gasteiger partial charge on any atom is 0.323 e. The molecule has 0 aromatic rings. The summed E-state index contributed by atoms with van der Waals surface area (Å²) in [4.78, 5) is 11.9. The predicted molar refractivity (Wildman–Crippen MR) is 146 cm³/mol. The third-order valence-corrected chi connectivity index (χ3v) is 6.19. The molecular weight excluding hydrogens is 442 g/mol. The predicted octanol–water partition coefficient (Wildman–Crippen LogP) is 6.57. The molecule has 0 aliphatic heterocycles. The normalized spacial score (nSPS) is 14.4. The van der Waals surface area contributed by atoms with Gasteiger partial charge in [0, 0.05) is 12.6 Å². The summed E-state index contributed by atoms with van der Waals surface area (Å²) < 4.78 is 16.5. The second kappa shape index (κ2) is 23.7. The van der Waals surface area contributed by atoms with E-state index in [9.17, 15) is 9.90 Å². The fourth-order valence-electron chi connectivity index (χ4n) is 4.11. The van der Waals surface area contributed by atoms with Gasteiger partial charge in [0.2, 0.25) is 0 Å². The highest BCUT2D eigenvalue weighted by Gasteiger charge is 2.17. The lowest BCUT2D eigenvalue weighted by Gasteiger charge is -2.20. The lowest BCUT2D eigenvalue weighted by Crippen LogP contribution is -2.41. The average molecular weight is 502 g/mol. The molecule has 0 rings (SSSR count). The van der Waals surface area contributed by atoms with Gasteiger partial charge < -0.3 is 24.6 Å². The molecule has 0 saturated heterocycles. The largest absolute Gasteiger partial charge is 0.462 e. The standard InChI is InChI=1S/C29H59NO5/c1-24(2)34-23-28(22-31)33-21-19-17-15-13-11-9-7-8-10-12-14-16-18-20-26(5)30-27(6)29(32)35-25(3)4/h24-28,30-31H,7-23H2,1-6H3/t26?,27-,28?/m0/s1. The minimum Gasteiger partial charge on any atom is -0.462 e. The number of hydrogen-bond acceptors (Lipinski definition) is 6. The number of aliphatic hydroxyl groups is 1. The average Bonchev–Trinajstić information content (AvgIpc) is 2.79. The third-order valence-electron chi connectivity index (χ3n) is 6.19. The van der Waals surface area contributed by atoms with Gasteiger partial charge in [-0.3, -0.25) is 4.79 Å². The molecule has 0 spiro atoms. The summed E-state index contributed by atoms with van der Waals surface area (Å²) in [5, 5.41) is 12.7. The molecule has 0 bridgehead atoms. The van der Waals surface area contributed by atoms with Crippen molar-refractivity contribution in [1.29, 1.82) is 0 Å². The molecule has 0 radical (unpaired) electrons. The molecule has 0 aromatic carbocycles. The van der Waals surface area contributed by atoms with E-state index in [0.717, 1.165) is 12.8 Å². The highest BCUT2D eigenvalue weighted by atomic mass is 16.5. The van der Waals surface area contributed by atoms with E-state index in [4.69, 9.17) is 14.2 Å². The van der Waals surface area contributed by atoms with Crippen LogP contribution in [0.2, 0.25) is 0 Å². The number of rotatable bonds is 25. The zero-order chi connectivity index (χ0) is 26.3. The second-order valence-electron chi connectivity index (χ2n) is 10.7. The van der Waals surface area contributed by atoms with Crippen molar-refractivity contribution in [3.63, 3.8) is 0 Å². The SMILES string of the molecule is CC(CCCCCCCCCCCCCCCOC(CO)COC(C)C)N[C@@H](C)C(=O)OC(C)C.